The highest BCUT2D eigenvalue weighted by molar-refractivity contribution is 5.85. The van der Waals surface area contributed by atoms with Crippen LogP contribution in [0.1, 0.15) is 28.8 Å². The summed E-state index contributed by atoms with van der Waals surface area (Å²) in [7, 11) is 0. The smallest absolute Gasteiger partial charge is 0.152 e. The fourth-order valence-corrected chi connectivity index (χ4v) is 2.82. The second-order valence-electron chi connectivity index (χ2n) is 5.43. The first-order valence-corrected chi connectivity index (χ1v) is 6.83. The van der Waals surface area contributed by atoms with E-state index in [0.29, 0.717) is 0 Å². The van der Waals surface area contributed by atoms with Crippen LogP contribution in [0.25, 0.3) is 0 Å². The molecule has 0 aromatic heterocycles. The molecule has 0 unspecified atom stereocenters. The molecule has 1 heterocycles. The number of hydrogen-bond acceptors (Lipinski definition) is 3. The van der Waals surface area contributed by atoms with Gasteiger partial charge in [-0.3, -0.25) is 9.69 Å². The summed E-state index contributed by atoms with van der Waals surface area (Å²) in [5.74, 6) is 0. The van der Waals surface area contributed by atoms with Gasteiger partial charge in [0.1, 0.15) is 0 Å². The Labute approximate surface area is 108 Å². The highest BCUT2D eigenvalue weighted by atomic mass is 16.1. The van der Waals surface area contributed by atoms with Gasteiger partial charge >= 0.3 is 0 Å². The molecule has 1 saturated heterocycles. The lowest BCUT2D eigenvalue weighted by Crippen LogP contribution is -2.47. The molecular formula is C15H20N2O. The quantitative estimate of drug-likeness (QED) is 0.761. The number of rotatable bonds is 3. The summed E-state index contributed by atoms with van der Waals surface area (Å²) in [5, 5.41) is 0. The monoisotopic (exact) mass is 244 g/mol. The van der Waals surface area contributed by atoms with E-state index < -0.39 is 0 Å². The van der Waals surface area contributed by atoms with Crippen molar-refractivity contribution in [2.75, 3.05) is 31.1 Å². The van der Waals surface area contributed by atoms with Gasteiger partial charge in [0.25, 0.3) is 0 Å². The van der Waals surface area contributed by atoms with E-state index >= 15 is 0 Å². The Morgan fingerprint density at radius 1 is 1.17 bits per heavy atom. The van der Waals surface area contributed by atoms with Gasteiger partial charge < -0.3 is 4.90 Å². The molecule has 0 atom stereocenters. The van der Waals surface area contributed by atoms with Crippen molar-refractivity contribution in [2.24, 2.45) is 0 Å². The highest BCUT2D eigenvalue weighted by Gasteiger charge is 2.31. The minimum absolute atomic E-state index is 0.829. The van der Waals surface area contributed by atoms with Gasteiger partial charge in [0.05, 0.1) is 0 Å². The second-order valence-corrected chi connectivity index (χ2v) is 5.43. The van der Waals surface area contributed by atoms with Gasteiger partial charge in [0.2, 0.25) is 0 Å². The van der Waals surface area contributed by atoms with Gasteiger partial charge in [0.15, 0.2) is 6.29 Å². The van der Waals surface area contributed by atoms with Crippen LogP contribution in [0.5, 0.6) is 0 Å². The number of piperazine rings is 1. The van der Waals surface area contributed by atoms with E-state index in [4.69, 9.17) is 0 Å². The van der Waals surface area contributed by atoms with E-state index in [1.54, 1.807) is 0 Å². The topological polar surface area (TPSA) is 23.6 Å². The molecule has 0 amide bonds. The van der Waals surface area contributed by atoms with Crippen molar-refractivity contribution >= 4 is 12.0 Å². The Morgan fingerprint density at radius 3 is 2.50 bits per heavy atom. The predicted molar refractivity (Wildman–Crippen MR) is 73.4 cm³/mol. The second kappa shape index (κ2) is 4.73. The zero-order valence-corrected chi connectivity index (χ0v) is 10.9. The standard InChI is InChI=1S/C15H20N2O/c1-12-2-5-15(13(10-12)11-18)17-8-6-16(7-9-17)14-3-4-14/h2,5,10-11,14H,3-4,6-9H2,1H3. The first-order valence-electron chi connectivity index (χ1n) is 6.83. The Balaban J connectivity index is 1.73. The molecule has 96 valence electrons. The molecule has 1 saturated carbocycles. The van der Waals surface area contributed by atoms with Gasteiger partial charge in [0, 0.05) is 43.5 Å². The maximum Gasteiger partial charge on any atom is 0.152 e. The maximum atomic E-state index is 11.2. The summed E-state index contributed by atoms with van der Waals surface area (Å²) in [6.45, 7) is 6.39. The lowest BCUT2D eigenvalue weighted by atomic mass is 10.1. The zero-order valence-electron chi connectivity index (χ0n) is 10.9. The van der Waals surface area contributed by atoms with E-state index in [1.807, 2.05) is 13.0 Å². The molecule has 2 fully saturated rings. The third-order valence-electron chi connectivity index (χ3n) is 4.03. The number of nitrogens with zero attached hydrogens (tertiary/aromatic N) is 2. The molecule has 1 aliphatic heterocycles. The summed E-state index contributed by atoms with van der Waals surface area (Å²) in [6.07, 6.45) is 3.74. The Hall–Kier alpha value is -1.35. The van der Waals surface area contributed by atoms with Crippen LogP contribution in [0.15, 0.2) is 18.2 Å². The number of hydrogen-bond donors (Lipinski definition) is 0. The van der Waals surface area contributed by atoms with Gasteiger partial charge in [-0.05, 0) is 31.9 Å². The first kappa shape index (κ1) is 11.7. The zero-order chi connectivity index (χ0) is 12.5. The fourth-order valence-electron chi connectivity index (χ4n) is 2.82. The van der Waals surface area contributed by atoms with E-state index in [9.17, 15) is 4.79 Å². The van der Waals surface area contributed by atoms with Crippen LogP contribution in [-0.4, -0.2) is 43.4 Å². The number of anilines is 1. The largest absolute Gasteiger partial charge is 0.368 e. The molecule has 0 spiro atoms. The third-order valence-corrected chi connectivity index (χ3v) is 4.03. The SMILES string of the molecule is Cc1ccc(N2CCN(C3CC3)CC2)c(C=O)c1. The van der Waals surface area contributed by atoms with E-state index in [1.165, 1.54) is 12.8 Å². The van der Waals surface area contributed by atoms with E-state index in [2.05, 4.69) is 21.9 Å². The third kappa shape index (κ3) is 2.27. The van der Waals surface area contributed by atoms with Crippen molar-refractivity contribution in [1.29, 1.82) is 0 Å². The van der Waals surface area contributed by atoms with Gasteiger partial charge in [-0.1, -0.05) is 11.6 Å². The van der Waals surface area contributed by atoms with Gasteiger partial charge in [-0.25, -0.2) is 0 Å². The molecule has 3 heteroatoms. The number of carbonyl (C=O) groups is 1. The molecule has 1 aromatic carbocycles. The minimum Gasteiger partial charge on any atom is -0.368 e. The van der Waals surface area contributed by atoms with Gasteiger partial charge in [-0.15, -0.1) is 0 Å². The highest BCUT2D eigenvalue weighted by Crippen LogP contribution is 2.29. The summed E-state index contributed by atoms with van der Waals surface area (Å²) in [4.78, 5) is 16.1. The maximum absolute atomic E-state index is 11.2. The van der Waals surface area contributed by atoms with Gasteiger partial charge in [-0.2, -0.15) is 0 Å². The van der Waals surface area contributed by atoms with Crippen LogP contribution in [0, 0.1) is 6.92 Å². The van der Waals surface area contributed by atoms with Crippen LogP contribution in [0.4, 0.5) is 5.69 Å². The molecule has 0 radical (unpaired) electrons. The number of aryl methyl sites for hydroxylation is 1. The van der Waals surface area contributed by atoms with Crippen molar-refractivity contribution in [3.8, 4) is 0 Å². The number of aldehydes is 1. The summed E-state index contributed by atoms with van der Waals surface area (Å²) in [5.41, 5.74) is 3.08. The molecule has 3 nitrogen and oxygen atoms in total. The average molecular weight is 244 g/mol. The molecule has 0 N–H and O–H groups in total. The minimum atomic E-state index is 0.829. The molecule has 1 aromatic rings. The summed E-state index contributed by atoms with van der Waals surface area (Å²) >= 11 is 0. The van der Waals surface area contributed by atoms with Crippen molar-refractivity contribution in [2.45, 2.75) is 25.8 Å². The molecule has 2 aliphatic rings. The Morgan fingerprint density at radius 2 is 1.89 bits per heavy atom. The molecule has 0 bridgehead atoms. The summed E-state index contributed by atoms with van der Waals surface area (Å²) < 4.78 is 0. The predicted octanol–water partition coefficient (Wildman–Crippen LogP) is 2.09. The Kier molecular flexibility index (Phi) is 3.08. The van der Waals surface area contributed by atoms with Crippen molar-refractivity contribution in [1.82, 2.24) is 4.90 Å². The van der Waals surface area contributed by atoms with Crippen LogP contribution < -0.4 is 4.90 Å². The molecule has 18 heavy (non-hydrogen) atoms. The van der Waals surface area contributed by atoms with Crippen LogP contribution in [-0.2, 0) is 0 Å². The van der Waals surface area contributed by atoms with Crippen molar-refractivity contribution in [3.05, 3.63) is 29.3 Å². The van der Waals surface area contributed by atoms with Crippen LogP contribution >= 0.6 is 0 Å². The van der Waals surface area contributed by atoms with E-state index in [0.717, 1.165) is 55.3 Å². The van der Waals surface area contributed by atoms with Crippen molar-refractivity contribution < 1.29 is 4.79 Å². The summed E-state index contributed by atoms with van der Waals surface area (Å²) in [6, 6.07) is 7.02. The number of carbonyl (C=O) groups excluding carboxylic acids is 1. The Bertz CT molecular complexity index is 446. The molecule has 3 rings (SSSR count). The van der Waals surface area contributed by atoms with Crippen LogP contribution in [0.2, 0.25) is 0 Å². The van der Waals surface area contributed by atoms with Crippen LogP contribution in [0.3, 0.4) is 0 Å². The lowest BCUT2D eigenvalue weighted by molar-refractivity contribution is 0.112. The normalized spacial score (nSPS) is 21.1. The average Bonchev–Trinajstić information content (AvgIpc) is 3.23. The fraction of sp³-hybridized carbons (Fsp3) is 0.533. The van der Waals surface area contributed by atoms with Crippen molar-refractivity contribution in [3.63, 3.8) is 0 Å². The number of benzene rings is 1. The lowest BCUT2D eigenvalue weighted by Gasteiger charge is -2.36. The van der Waals surface area contributed by atoms with E-state index in [-0.39, 0.29) is 0 Å². The first-order chi connectivity index (χ1) is 8.78. The molecule has 1 aliphatic carbocycles. The molecular weight excluding hydrogens is 224 g/mol.